The first kappa shape index (κ1) is 15.1. The van der Waals surface area contributed by atoms with Crippen molar-refractivity contribution < 1.29 is 14.6 Å². The highest BCUT2D eigenvalue weighted by Crippen LogP contribution is 2.33. The normalized spacial score (nSPS) is 23.2. The van der Waals surface area contributed by atoms with Crippen LogP contribution in [0.1, 0.15) is 36.8 Å². The van der Waals surface area contributed by atoms with Crippen molar-refractivity contribution in [3.8, 4) is 5.75 Å². The molecule has 0 spiro atoms. The molecule has 0 saturated carbocycles. The lowest BCUT2D eigenvalue weighted by Gasteiger charge is -2.30. The fourth-order valence-corrected chi connectivity index (χ4v) is 3.51. The van der Waals surface area contributed by atoms with Gasteiger partial charge in [0.05, 0.1) is 13.2 Å². The van der Waals surface area contributed by atoms with Gasteiger partial charge in [-0.05, 0) is 31.5 Å². The summed E-state index contributed by atoms with van der Waals surface area (Å²) in [7, 11) is 0. The van der Waals surface area contributed by atoms with E-state index in [4.69, 9.17) is 21.1 Å². The smallest absolute Gasteiger partial charge is 0.189 e. The fraction of sp³-hybridized carbons (Fsp3) is 0.625. The van der Waals surface area contributed by atoms with Gasteiger partial charge < -0.3 is 14.6 Å². The van der Waals surface area contributed by atoms with Crippen LogP contribution in [0.4, 0.5) is 0 Å². The quantitative estimate of drug-likeness (QED) is 0.932. The number of nitrogens with zero attached hydrogens (tertiary/aromatic N) is 1. The Morgan fingerprint density at radius 3 is 3.05 bits per heavy atom. The van der Waals surface area contributed by atoms with Crippen molar-refractivity contribution in [2.75, 3.05) is 19.9 Å². The SMILES string of the molecule is OCC1CCCCCN1Cc1cc(Cl)cc2c1OCOC2. The molecule has 0 aliphatic carbocycles. The Labute approximate surface area is 130 Å². The van der Waals surface area contributed by atoms with E-state index in [9.17, 15) is 5.11 Å². The minimum absolute atomic E-state index is 0.215. The van der Waals surface area contributed by atoms with Gasteiger partial charge in [-0.15, -0.1) is 0 Å². The Kier molecular flexibility index (Phi) is 5.01. The molecule has 1 fully saturated rings. The number of hydrogen-bond acceptors (Lipinski definition) is 4. The van der Waals surface area contributed by atoms with Gasteiger partial charge >= 0.3 is 0 Å². The van der Waals surface area contributed by atoms with E-state index in [2.05, 4.69) is 4.90 Å². The van der Waals surface area contributed by atoms with Crippen molar-refractivity contribution in [1.82, 2.24) is 4.90 Å². The van der Waals surface area contributed by atoms with Crippen LogP contribution in [-0.4, -0.2) is 36.0 Å². The number of halogens is 1. The lowest BCUT2D eigenvalue weighted by molar-refractivity contribution is -0.0177. The molecule has 1 aromatic carbocycles. The van der Waals surface area contributed by atoms with Gasteiger partial charge in [0.25, 0.3) is 0 Å². The molecular weight excluding hydrogens is 290 g/mol. The van der Waals surface area contributed by atoms with Crippen LogP contribution < -0.4 is 4.74 Å². The number of fused-ring (bicyclic) bond motifs is 1. The molecule has 21 heavy (non-hydrogen) atoms. The van der Waals surface area contributed by atoms with Gasteiger partial charge in [0.15, 0.2) is 6.79 Å². The van der Waals surface area contributed by atoms with E-state index in [1.165, 1.54) is 19.3 Å². The van der Waals surface area contributed by atoms with Gasteiger partial charge in [-0.2, -0.15) is 0 Å². The van der Waals surface area contributed by atoms with Crippen LogP contribution in [0, 0.1) is 0 Å². The van der Waals surface area contributed by atoms with Gasteiger partial charge in [0, 0.05) is 28.7 Å². The zero-order valence-corrected chi connectivity index (χ0v) is 12.9. The Bertz CT molecular complexity index is 495. The van der Waals surface area contributed by atoms with Crippen LogP contribution in [0.5, 0.6) is 5.75 Å². The van der Waals surface area contributed by atoms with Crippen molar-refractivity contribution in [3.63, 3.8) is 0 Å². The van der Waals surface area contributed by atoms with E-state index in [1.54, 1.807) is 0 Å². The van der Waals surface area contributed by atoms with Gasteiger partial charge in [-0.1, -0.05) is 24.4 Å². The second kappa shape index (κ2) is 6.97. The van der Waals surface area contributed by atoms with Gasteiger partial charge in [-0.3, -0.25) is 4.90 Å². The van der Waals surface area contributed by atoms with Gasteiger partial charge in [0.1, 0.15) is 5.75 Å². The van der Waals surface area contributed by atoms with Gasteiger partial charge in [-0.25, -0.2) is 0 Å². The minimum Gasteiger partial charge on any atom is -0.467 e. The molecule has 3 rings (SSSR count). The topological polar surface area (TPSA) is 41.9 Å². The molecule has 1 atom stereocenters. The molecule has 1 aromatic rings. The molecule has 2 aliphatic rings. The third kappa shape index (κ3) is 3.51. The Hall–Kier alpha value is -0.810. The Morgan fingerprint density at radius 2 is 2.19 bits per heavy atom. The summed E-state index contributed by atoms with van der Waals surface area (Å²) in [4.78, 5) is 2.36. The molecule has 2 aliphatic heterocycles. The Morgan fingerprint density at radius 1 is 1.29 bits per heavy atom. The summed E-state index contributed by atoms with van der Waals surface area (Å²) in [6.45, 7) is 2.85. The van der Waals surface area contributed by atoms with Crippen molar-refractivity contribution in [2.24, 2.45) is 0 Å². The van der Waals surface area contributed by atoms with Crippen molar-refractivity contribution >= 4 is 11.6 Å². The lowest BCUT2D eigenvalue weighted by Crippen LogP contribution is -2.37. The number of ether oxygens (including phenoxy) is 2. The van der Waals surface area contributed by atoms with E-state index in [0.29, 0.717) is 18.4 Å². The molecular formula is C16H22ClNO3. The summed E-state index contributed by atoms with van der Waals surface area (Å²) in [6.07, 6.45) is 4.68. The van der Waals surface area contributed by atoms with E-state index >= 15 is 0 Å². The number of likely N-dealkylation sites (tertiary alicyclic amines) is 1. The average molecular weight is 312 g/mol. The molecule has 0 aromatic heterocycles. The van der Waals surface area contributed by atoms with Crippen molar-refractivity contribution in [3.05, 3.63) is 28.3 Å². The summed E-state index contributed by atoms with van der Waals surface area (Å²) in [5.74, 6) is 0.909. The predicted octanol–water partition coefficient (Wildman–Crippen LogP) is 2.94. The van der Waals surface area contributed by atoms with Crippen LogP contribution in [0.2, 0.25) is 5.02 Å². The third-order valence-electron chi connectivity index (χ3n) is 4.33. The standard InChI is InChI=1S/C16H22ClNO3/c17-14-6-12(16-13(7-14)10-20-11-21-16)8-18-5-3-1-2-4-15(18)9-19/h6-7,15,19H,1-5,8-11H2. The molecule has 1 unspecified atom stereocenters. The highest BCUT2D eigenvalue weighted by Gasteiger charge is 2.23. The average Bonchev–Trinajstić information content (AvgIpc) is 2.72. The second-order valence-corrected chi connectivity index (χ2v) is 6.26. The number of benzene rings is 1. The van der Waals surface area contributed by atoms with Crippen molar-refractivity contribution in [2.45, 2.75) is 44.9 Å². The largest absolute Gasteiger partial charge is 0.467 e. The molecule has 5 heteroatoms. The highest BCUT2D eigenvalue weighted by atomic mass is 35.5. The molecule has 0 bridgehead atoms. The van der Waals surface area contributed by atoms with E-state index < -0.39 is 0 Å². The molecule has 0 amide bonds. The third-order valence-corrected chi connectivity index (χ3v) is 4.55. The predicted molar refractivity (Wildman–Crippen MR) is 81.5 cm³/mol. The summed E-state index contributed by atoms with van der Waals surface area (Å²) < 4.78 is 11.0. The zero-order chi connectivity index (χ0) is 14.7. The van der Waals surface area contributed by atoms with Crippen LogP contribution in [-0.2, 0) is 17.9 Å². The van der Waals surface area contributed by atoms with Gasteiger partial charge in [0.2, 0.25) is 0 Å². The monoisotopic (exact) mass is 311 g/mol. The number of aliphatic hydroxyl groups excluding tert-OH is 1. The fourth-order valence-electron chi connectivity index (χ4n) is 3.24. The molecule has 2 heterocycles. The second-order valence-electron chi connectivity index (χ2n) is 5.82. The van der Waals surface area contributed by atoms with Crippen LogP contribution in [0.15, 0.2) is 12.1 Å². The first-order chi connectivity index (χ1) is 10.3. The minimum atomic E-state index is 0.215. The van der Waals surface area contributed by atoms with E-state index in [-0.39, 0.29) is 12.6 Å². The molecule has 0 radical (unpaired) electrons. The summed E-state index contributed by atoms with van der Waals surface area (Å²) in [5.41, 5.74) is 2.11. The number of hydrogen-bond donors (Lipinski definition) is 1. The van der Waals surface area contributed by atoms with Crippen LogP contribution in [0.25, 0.3) is 0 Å². The number of aliphatic hydroxyl groups is 1. The Balaban J connectivity index is 1.84. The van der Waals surface area contributed by atoms with Crippen LogP contribution in [0.3, 0.4) is 0 Å². The zero-order valence-electron chi connectivity index (χ0n) is 12.2. The first-order valence-electron chi connectivity index (χ1n) is 7.64. The maximum Gasteiger partial charge on any atom is 0.189 e. The number of rotatable bonds is 3. The molecule has 4 nitrogen and oxygen atoms in total. The maximum absolute atomic E-state index is 9.64. The van der Waals surface area contributed by atoms with E-state index in [0.717, 1.165) is 36.4 Å². The molecule has 1 N–H and O–H groups in total. The first-order valence-corrected chi connectivity index (χ1v) is 8.02. The summed E-state index contributed by atoms with van der Waals surface area (Å²) >= 11 is 6.22. The lowest BCUT2D eigenvalue weighted by atomic mass is 10.1. The maximum atomic E-state index is 9.64. The summed E-state index contributed by atoms with van der Waals surface area (Å²) in [6, 6.07) is 4.12. The highest BCUT2D eigenvalue weighted by molar-refractivity contribution is 6.30. The summed E-state index contributed by atoms with van der Waals surface area (Å²) in [5, 5.41) is 10.4. The van der Waals surface area contributed by atoms with E-state index in [1.807, 2.05) is 12.1 Å². The van der Waals surface area contributed by atoms with Crippen LogP contribution >= 0.6 is 11.6 Å². The molecule has 1 saturated heterocycles. The molecule has 116 valence electrons. The van der Waals surface area contributed by atoms with Crippen molar-refractivity contribution in [1.29, 1.82) is 0 Å².